The van der Waals surface area contributed by atoms with Crippen molar-refractivity contribution in [3.8, 4) is 0 Å². The second-order valence-electron chi connectivity index (χ2n) is 6.01. The van der Waals surface area contributed by atoms with Crippen LogP contribution in [0.4, 0.5) is 0 Å². The third kappa shape index (κ3) is 2.55. The summed E-state index contributed by atoms with van der Waals surface area (Å²) in [6.07, 6.45) is 5.16. The standard InChI is InChI=1S/C16H18N4O2S/c21-15-14(13-2-1-7-23-13)20(6-4-18-15)16(22)11-3-5-19-10-17-9-12(19)8-11/h1-2,7,9-11,14H,3-6,8H2,(H,18,21). The van der Waals surface area contributed by atoms with Gasteiger partial charge in [0.15, 0.2) is 0 Å². The molecule has 0 saturated carbocycles. The number of fused-ring (bicyclic) bond motifs is 1. The molecule has 120 valence electrons. The molecule has 1 fully saturated rings. The zero-order valence-electron chi connectivity index (χ0n) is 12.6. The van der Waals surface area contributed by atoms with Gasteiger partial charge in [0, 0.05) is 48.7 Å². The smallest absolute Gasteiger partial charge is 0.248 e. The van der Waals surface area contributed by atoms with Gasteiger partial charge in [-0.2, -0.15) is 0 Å². The Labute approximate surface area is 138 Å². The number of piperazine rings is 1. The van der Waals surface area contributed by atoms with Crippen LogP contribution in [-0.4, -0.2) is 39.4 Å². The maximum atomic E-state index is 13.1. The summed E-state index contributed by atoms with van der Waals surface area (Å²) in [5.74, 6) is -0.0498. The molecule has 2 atom stereocenters. The first-order valence-electron chi connectivity index (χ1n) is 7.84. The van der Waals surface area contributed by atoms with Gasteiger partial charge in [0.25, 0.3) is 0 Å². The first kappa shape index (κ1) is 14.4. The molecule has 4 heterocycles. The maximum Gasteiger partial charge on any atom is 0.248 e. The van der Waals surface area contributed by atoms with Crippen LogP contribution < -0.4 is 5.32 Å². The lowest BCUT2D eigenvalue weighted by atomic mass is 9.93. The number of thiophene rings is 1. The molecule has 2 aromatic rings. The van der Waals surface area contributed by atoms with Crippen LogP contribution in [0.5, 0.6) is 0 Å². The highest BCUT2D eigenvalue weighted by Crippen LogP contribution is 2.30. The molecule has 0 spiro atoms. The molecule has 7 heteroatoms. The monoisotopic (exact) mass is 330 g/mol. The lowest BCUT2D eigenvalue weighted by molar-refractivity contribution is -0.147. The molecule has 0 aliphatic carbocycles. The van der Waals surface area contributed by atoms with Crippen molar-refractivity contribution in [2.75, 3.05) is 13.1 Å². The average molecular weight is 330 g/mol. The Morgan fingerprint density at radius 3 is 3.13 bits per heavy atom. The minimum Gasteiger partial charge on any atom is -0.352 e. The fourth-order valence-corrected chi connectivity index (χ4v) is 4.28. The van der Waals surface area contributed by atoms with E-state index in [-0.39, 0.29) is 17.7 Å². The number of nitrogens with one attached hydrogen (secondary N) is 1. The highest BCUT2D eigenvalue weighted by atomic mass is 32.1. The fraction of sp³-hybridized carbons (Fsp3) is 0.438. The van der Waals surface area contributed by atoms with E-state index in [9.17, 15) is 9.59 Å². The maximum absolute atomic E-state index is 13.1. The predicted molar refractivity (Wildman–Crippen MR) is 85.8 cm³/mol. The van der Waals surface area contributed by atoms with Gasteiger partial charge in [-0.3, -0.25) is 9.59 Å². The van der Waals surface area contributed by atoms with E-state index >= 15 is 0 Å². The van der Waals surface area contributed by atoms with E-state index in [4.69, 9.17) is 0 Å². The second kappa shape index (κ2) is 5.81. The van der Waals surface area contributed by atoms with E-state index < -0.39 is 6.04 Å². The second-order valence-corrected chi connectivity index (χ2v) is 6.99. The molecule has 2 aromatic heterocycles. The minimum atomic E-state index is -0.483. The number of aromatic nitrogens is 2. The Morgan fingerprint density at radius 2 is 2.30 bits per heavy atom. The molecule has 0 bridgehead atoms. The third-order valence-electron chi connectivity index (χ3n) is 4.63. The van der Waals surface area contributed by atoms with E-state index in [2.05, 4.69) is 14.9 Å². The summed E-state index contributed by atoms with van der Waals surface area (Å²) in [4.78, 5) is 32.2. The SMILES string of the molecule is O=C1NCCN(C(=O)C2CCn3cncc3C2)C1c1cccs1. The highest BCUT2D eigenvalue weighted by Gasteiger charge is 2.38. The number of amides is 2. The van der Waals surface area contributed by atoms with Gasteiger partial charge in [0.1, 0.15) is 6.04 Å². The number of aryl methyl sites for hydroxylation is 1. The first-order valence-corrected chi connectivity index (χ1v) is 8.72. The van der Waals surface area contributed by atoms with Crippen molar-refractivity contribution in [2.24, 2.45) is 5.92 Å². The van der Waals surface area contributed by atoms with Crippen molar-refractivity contribution >= 4 is 23.2 Å². The number of hydrogen-bond donors (Lipinski definition) is 1. The van der Waals surface area contributed by atoms with Crippen LogP contribution in [0.2, 0.25) is 0 Å². The number of hydrogen-bond acceptors (Lipinski definition) is 4. The lowest BCUT2D eigenvalue weighted by Gasteiger charge is -2.37. The van der Waals surface area contributed by atoms with E-state index in [0.29, 0.717) is 19.5 Å². The van der Waals surface area contributed by atoms with E-state index in [1.165, 1.54) is 11.3 Å². The summed E-state index contributed by atoms with van der Waals surface area (Å²) in [5, 5.41) is 4.82. The van der Waals surface area contributed by atoms with Crippen LogP contribution in [-0.2, 0) is 22.6 Å². The van der Waals surface area contributed by atoms with Gasteiger partial charge >= 0.3 is 0 Å². The van der Waals surface area contributed by atoms with E-state index in [0.717, 1.165) is 23.5 Å². The molecule has 1 N–H and O–H groups in total. The predicted octanol–water partition coefficient (Wildman–Crippen LogP) is 1.21. The molecule has 0 aromatic carbocycles. The van der Waals surface area contributed by atoms with Crippen molar-refractivity contribution in [3.63, 3.8) is 0 Å². The summed E-state index contributed by atoms with van der Waals surface area (Å²) in [6.45, 7) is 1.91. The molecule has 23 heavy (non-hydrogen) atoms. The first-order chi connectivity index (χ1) is 11.2. The van der Waals surface area contributed by atoms with Crippen molar-refractivity contribution in [1.82, 2.24) is 19.8 Å². The summed E-state index contributed by atoms with van der Waals surface area (Å²) in [5.41, 5.74) is 1.10. The Hall–Kier alpha value is -2.15. The molecule has 6 nitrogen and oxygen atoms in total. The Kier molecular flexibility index (Phi) is 3.65. The molecule has 2 aliphatic heterocycles. The number of carbonyl (C=O) groups is 2. The number of nitrogens with zero attached hydrogens (tertiary/aromatic N) is 3. The number of rotatable bonds is 2. The van der Waals surface area contributed by atoms with Gasteiger partial charge in [0.05, 0.1) is 6.33 Å². The summed E-state index contributed by atoms with van der Waals surface area (Å²) < 4.78 is 2.10. The van der Waals surface area contributed by atoms with Gasteiger partial charge in [0.2, 0.25) is 11.8 Å². The molecule has 2 unspecified atom stereocenters. The van der Waals surface area contributed by atoms with Crippen LogP contribution in [0.25, 0.3) is 0 Å². The fourth-order valence-electron chi connectivity index (χ4n) is 3.45. The molecule has 2 amide bonds. The van der Waals surface area contributed by atoms with Crippen molar-refractivity contribution in [1.29, 1.82) is 0 Å². The molecule has 2 aliphatic rings. The number of carbonyl (C=O) groups excluding carboxylic acids is 2. The number of imidazole rings is 1. The molecular weight excluding hydrogens is 312 g/mol. The largest absolute Gasteiger partial charge is 0.352 e. The topological polar surface area (TPSA) is 67.2 Å². The van der Waals surface area contributed by atoms with E-state index in [1.54, 1.807) is 4.90 Å². The van der Waals surface area contributed by atoms with Crippen molar-refractivity contribution < 1.29 is 9.59 Å². The molecule has 1 saturated heterocycles. The third-order valence-corrected chi connectivity index (χ3v) is 5.55. The summed E-state index contributed by atoms with van der Waals surface area (Å²) >= 11 is 1.52. The summed E-state index contributed by atoms with van der Waals surface area (Å²) in [7, 11) is 0. The van der Waals surface area contributed by atoms with Crippen LogP contribution in [0.15, 0.2) is 30.0 Å². The zero-order chi connectivity index (χ0) is 15.8. The normalized spacial score (nSPS) is 24.2. The highest BCUT2D eigenvalue weighted by molar-refractivity contribution is 7.10. The average Bonchev–Trinajstić information content (AvgIpc) is 3.24. The van der Waals surface area contributed by atoms with Crippen molar-refractivity contribution in [3.05, 3.63) is 40.6 Å². The minimum absolute atomic E-state index is 0.0624. The Bertz CT molecular complexity index is 724. The molecule has 4 rings (SSSR count). The van der Waals surface area contributed by atoms with Gasteiger partial charge < -0.3 is 14.8 Å². The van der Waals surface area contributed by atoms with Crippen LogP contribution in [0.3, 0.4) is 0 Å². The van der Waals surface area contributed by atoms with E-state index in [1.807, 2.05) is 30.0 Å². The van der Waals surface area contributed by atoms with Crippen LogP contribution in [0.1, 0.15) is 23.0 Å². The quantitative estimate of drug-likeness (QED) is 0.900. The zero-order valence-corrected chi connectivity index (χ0v) is 13.5. The van der Waals surface area contributed by atoms with Crippen LogP contribution in [0, 0.1) is 5.92 Å². The van der Waals surface area contributed by atoms with Gasteiger partial charge in [-0.25, -0.2) is 4.98 Å². The van der Waals surface area contributed by atoms with Gasteiger partial charge in [-0.05, 0) is 17.9 Å². The molecular formula is C16H18N4O2S. The van der Waals surface area contributed by atoms with Gasteiger partial charge in [-0.15, -0.1) is 11.3 Å². The van der Waals surface area contributed by atoms with Crippen molar-refractivity contribution in [2.45, 2.75) is 25.4 Å². The summed E-state index contributed by atoms with van der Waals surface area (Å²) in [6, 6.07) is 3.36. The lowest BCUT2D eigenvalue weighted by Crippen LogP contribution is -2.53. The Morgan fingerprint density at radius 1 is 1.39 bits per heavy atom. The van der Waals surface area contributed by atoms with Gasteiger partial charge in [-0.1, -0.05) is 6.07 Å². The van der Waals surface area contributed by atoms with Crippen LogP contribution >= 0.6 is 11.3 Å². The Balaban J connectivity index is 1.58. The molecule has 0 radical (unpaired) electrons.